The van der Waals surface area contributed by atoms with E-state index in [2.05, 4.69) is 285 Å². The molecule has 2 aromatic heterocycles. The van der Waals surface area contributed by atoms with Gasteiger partial charge in [-0.05, 0) is 162 Å². The van der Waals surface area contributed by atoms with Crippen molar-refractivity contribution in [3.8, 4) is 16.9 Å². The molecule has 0 amide bonds. The van der Waals surface area contributed by atoms with Crippen LogP contribution in [0.5, 0.6) is 0 Å². The smallest absolute Gasteiger partial charge is 0.252 e. The summed E-state index contributed by atoms with van der Waals surface area (Å²) in [5.74, 6) is 0. The second kappa shape index (κ2) is 16.9. The molecule has 4 nitrogen and oxygen atoms in total. The molecule has 80 heavy (non-hydrogen) atoms. The highest BCUT2D eigenvalue weighted by Gasteiger charge is 2.48. The summed E-state index contributed by atoms with van der Waals surface area (Å²) >= 11 is 0. The highest BCUT2D eigenvalue weighted by Crippen LogP contribution is 2.56. The van der Waals surface area contributed by atoms with Crippen molar-refractivity contribution >= 4 is 90.1 Å². The van der Waals surface area contributed by atoms with E-state index in [1.165, 1.54) is 111 Å². The lowest BCUT2D eigenvalue weighted by atomic mass is 9.33. The molecule has 0 spiro atoms. The molecular weight excluding hydrogens is 970 g/mol. The van der Waals surface area contributed by atoms with Crippen LogP contribution in [0.2, 0.25) is 0 Å². The van der Waals surface area contributed by atoms with Crippen molar-refractivity contribution in [1.29, 1.82) is 0 Å². The molecule has 10 aromatic rings. The average Bonchev–Trinajstić information content (AvgIpc) is 4.12. The molecule has 0 radical (unpaired) electrons. The first kappa shape index (κ1) is 52.2. The van der Waals surface area contributed by atoms with Gasteiger partial charge < -0.3 is 18.8 Å². The number of fused-ring (bicyclic) bond motifs is 12. The maximum absolute atomic E-state index is 7.33. The van der Waals surface area contributed by atoms with Crippen molar-refractivity contribution in [2.45, 2.75) is 164 Å². The summed E-state index contributed by atoms with van der Waals surface area (Å²) in [4.78, 5) is 5.15. The fourth-order valence-corrected chi connectivity index (χ4v) is 13.9. The molecular formula is C75H80BN3O. The fraction of sp³-hybridized carbons (Fsp3) is 0.333. The number of para-hydroxylation sites is 1. The summed E-state index contributed by atoms with van der Waals surface area (Å²) in [6.07, 6.45) is 0. The van der Waals surface area contributed by atoms with Gasteiger partial charge in [0.05, 0.1) is 11.4 Å². The molecule has 0 saturated carbocycles. The van der Waals surface area contributed by atoms with Gasteiger partial charge in [0.1, 0.15) is 5.58 Å². The van der Waals surface area contributed by atoms with Gasteiger partial charge in [0.15, 0.2) is 5.58 Å². The van der Waals surface area contributed by atoms with Gasteiger partial charge in [-0.15, -0.1) is 0 Å². The Bertz CT molecular complexity index is 4210. The fourth-order valence-electron chi connectivity index (χ4n) is 13.9. The van der Waals surface area contributed by atoms with E-state index in [0.29, 0.717) is 0 Å². The third-order valence-electron chi connectivity index (χ3n) is 18.5. The second-order valence-electron chi connectivity index (χ2n) is 29.7. The van der Waals surface area contributed by atoms with Crippen LogP contribution in [0, 0.1) is 13.8 Å². The van der Waals surface area contributed by atoms with E-state index in [4.69, 9.17) is 4.42 Å². The van der Waals surface area contributed by atoms with Crippen molar-refractivity contribution in [1.82, 2.24) is 4.57 Å². The Labute approximate surface area is 476 Å². The SMILES string of the molecule is Cc1cc(C(C)(C)C)ccc1N(c1ccc2c(c1)N(c1cccc3c1oc1cc(C(C)(C)C)ccc13)c1cc(C(C)(C)C)cc3c1B2c1cc(C(C)(C)C)cc2c4c(n-3c12)-c1ccccc1C4(C)C)c1ccc(C(C)(C)C)cc1C. The summed E-state index contributed by atoms with van der Waals surface area (Å²) in [6.45, 7) is 44.5. The van der Waals surface area contributed by atoms with E-state index in [1.54, 1.807) is 0 Å². The third kappa shape index (κ3) is 7.68. The molecule has 3 aliphatic rings. The number of benzene rings is 8. The zero-order valence-electron chi connectivity index (χ0n) is 51.1. The number of anilines is 6. The van der Waals surface area contributed by atoms with Crippen LogP contribution in [0.3, 0.4) is 0 Å². The summed E-state index contributed by atoms with van der Waals surface area (Å²) in [5, 5.41) is 3.62. The Morgan fingerprint density at radius 3 is 1.65 bits per heavy atom. The van der Waals surface area contributed by atoms with Gasteiger partial charge in [-0.25, -0.2) is 0 Å². The zero-order valence-corrected chi connectivity index (χ0v) is 51.1. The summed E-state index contributed by atoms with van der Waals surface area (Å²) in [7, 11) is 0. The first-order valence-electron chi connectivity index (χ1n) is 29.4. The number of aryl methyl sites for hydroxylation is 2. The zero-order chi connectivity index (χ0) is 56.9. The molecule has 1 aliphatic carbocycles. The van der Waals surface area contributed by atoms with Crippen molar-refractivity contribution < 1.29 is 4.42 Å². The van der Waals surface area contributed by atoms with Gasteiger partial charge in [0.25, 0.3) is 6.71 Å². The first-order chi connectivity index (χ1) is 37.4. The summed E-state index contributed by atoms with van der Waals surface area (Å²) < 4.78 is 10.0. The summed E-state index contributed by atoms with van der Waals surface area (Å²) in [6, 6.07) is 54.8. The number of hydrogen-bond acceptors (Lipinski definition) is 3. The van der Waals surface area contributed by atoms with Crippen molar-refractivity contribution in [2.24, 2.45) is 0 Å². The second-order valence-corrected chi connectivity index (χ2v) is 29.7. The van der Waals surface area contributed by atoms with Crippen LogP contribution >= 0.6 is 0 Å². The molecule has 8 aromatic carbocycles. The quantitative estimate of drug-likeness (QED) is 0.164. The number of nitrogens with zero attached hydrogens (tertiary/aromatic N) is 3. The lowest BCUT2D eigenvalue weighted by Gasteiger charge is -2.42. The predicted octanol–water partition coefficient (Wildman–Crippen LogP) is 19.0. The van der Waals surface area contributed by atoms with E-state index in [-0.39, 0.29) is 39.2 Å². The lowest BCUT2D eigenvalue weighted by Crippen LogP contribution is -2.60. The molecule has 0 saturated heterocycles. The normalized spacial score (nSPS) is 14.7. The van der Waals surface area contributed by atoms with Crippen LogP contribution in [0.15, 0.2) is 144 Å². The highest BCUT2D eigenvalue weighted by atomic mass is 16.3. The molecule has 0 unspecified atom stereocenters. The van der Waals surface area contributed by atoms with E-state index in [0.717, 1.165) is 39.0 Å². The minimum absolute atomic E-state index is 0.00367. The first-order valence-corrected chi connectivity index (χ1v) is 29.4. The minimum Gasteiger partial charge on any atom is -0.454 e. The number of aromatic nitrogens is 1. The van der Waals surface area contributed by atoms with Gasteiger partial charge >= 0.3 is 0 Å². The monoisotopic (exact) mass is 1050 g/mol. The molecule has 0 bridgehead atoms. The van der Waals surface area contributed by atoms with E-state index in [9.17, 15) is 0 Å². The maximum Gasteiger partial charge on any atom is 0.252 e. The lowest BCUT2D eigenvalue weighted by molar-refractivity contribution is 0.587. The Morgan fingerprint density at radius 1 is 0.463 bits per heavy atom. The predicted molar refractivity (Wildman–Crippen MR) is 345 cm³/mol. The molecule has 0 atom stereocenters. The molecule has 2 aliphatic heterocycles. The Kier molecular flexibility index (Phi) is 11.0. The maximum atomic E-state index is 7.33. The molecule has 404 valence electrons. The van der Waals surface area contributed by atoms with Gasteiger partial charge in [-0.3, -0.25) is 0 Å². The van der Waals surface area contributed by atoms with Crippen molar-refractivity contribution in [2.75, 3.05) is 9.80 Å². The average molecular weight is 1050 g/mol. The van der Waals surface area contributed by atoms with Crippen molar-refractivity contribution in [3.05, 3.63) is 190 Å². The van der Waals surface area contributed by atoms with Crippen molar-refractivity contribution in [3.63, 3.8) is 0 Å². The standard InChI is InChI=1S/C75H80BN3O/c1-43-35-45(70(3,4)5)28-33-58(43)77(59-34-29-46(36-44(59)2)71(6,7)8)50-30-32-56-61(42-50)78(60-26-22-24-52-51-31-27-47(72(9,10)11)41-64(51)80-69(52)60)62-39-49(74(15,16)17)40-63-66(62)76(56)57-38-48(73(12,13)14)37-54-65-68(79(63)67(54)57)53-23-20-21-25-55(53)75(65,18)19/h20-42H,1-19H3. The molecule has 0 fully saturated rings. The number of furan rings is 1. The Hall–Kier alpha value is -7.24. The van der Waals surface area contributed by atoms with Crippen LogP contribution < -0.4 is 26.2 Å². The number of hydrogen-bond donors (Lipinski definition) is 0. The van der Waals surface area contributed by atoms with Crippen LogP contribution in [0.1, 0.15) is 168 Å². The topological polar surface area (TPSA) is 24.6 Å². The van der Waals surface area contributed by atoms with Gasteiger partial charge in [-0.2, -0.15) is 0 Å². The van der Waals surface area contributed by atoms with Gasteiger partial charge in [-0.1, -0.05) is 203 Å². The van der Waals surface area contributed by atoms with Gasteiger partial charge in [0.2, 0.25) is 0 Å². The minimum atomic E-state index is -0.216. The van der Waals surface area contributed by atoms with E-state index < -0.39 is 0 Å². The van der Waals surface area contributed by atoms with Gasteiger partial charge in [0, 0.05) is 66.8 Å². The van der Waals surface area contributed by atoms with E-state index >= 15 is 0 Å². The van der Waals surface area contributed by atoms with Crippen LogP contribution in [0.4, 0.5) is 34.1 Å². The molecule has 0 N–H and O–H groups in total. The van der Waals surface area contributed by atoms with Crippen LogP contribution in [0.25, 0.3) is 49.8 Å². The largest absolute Gasteiger partial charge is 0.454 e. The van der Waals surface area contributed by atoms with E-state index in [1.807, 2.05) is 0 Å². The summed E-state index contributed by atoms with van der Waals surface area (Å²) in [5.41, 5.74) is 29.2. The third-order valence-corrected chi connectivity index (χ3v) is 18.5. The molecule has 4 heterocycles. The number of rotatable bonds is 4. The Balaban J connectivity index is 1.18. The van der Waals surface area contributed by atoms with Crippen LogP contribution in [-0.2, 0) is 32.5 Å². The Morgan fingerprint density at radius 2 is 1.04 bits per heavy atom. The molecule has 13 rings (SSSR count). The highest BCUT2D eigenvalue weighted by molar-refractivity contribution is 7.00. The van der Waals surface area contributed by atoms with Crippen LogP contribution in [-0.4, -0.2) is 11.3 Å². The molecule has 5 heteroatoms.